The predicted molar refractivity (Wildman–Crippen MR) is 79.2 cm³/mol. The Morgan fingerprint density at radius 3 is 2.67 bits per heavy atom. The van der Waals surface area contributed by atoms with E-state index in [4.69, 9.17) is 4.74 Å². The first kappa shape index (κ1) is 16.3. The van der Waals surface area contributed by atoms with Gasteiger partial charge in [0.25, 0.3) is 0 Å². The summed E-state index contributed by atoms with van der Waals surface area (Å²) < 4.78 is 32.3. The Balaban J connectivity index is 1.93. The maximum atomic E-state index is 13.3. The number of hydrogen-bond acceptors (Lipinski definition) is 3. The molecule has 1 aliphatic heterocycles. The fourth-order valence-electron chi connectivity index (χ4n) is 2.80. The van der Waals surface area contributed by atoms with E-state index in [1.54, 1.807) is 0 Å². The van der Waals surface area contributed by atoms with E-state index in [-0.39, 0.29) is 6.04 Å². The maximum absolute atomic E-state index is 13.3. The van der Waals surface area contributed by atoms with Crippen LogP contribution in [0.1, 0.15) is 31.4 Å². The van der Waals surface area contributed by atoms with Gasteiger partial charge in [-0.15, -0.1) is 0 Å². The lowest BCUT2D eigenvalue weighted by Gasteiger charge is -2.33. The standard InChI is InChI=1S/C16H24F2N2O/c1-3-15-11-20(6-7-21-15)5-4-16(19-2)12-8-13(17)10-14(18)9-12/h8-10,15-16,19H,3-7,11H2,1-2H3. The monoisotopic (exact) mass is 298 g/mol. The topological polar surface area (TPSA) is 24.5 Å². The number of halogens is 2. The molecular weight excluding hydrogens is 274 g/mol. The van der Waals surface area contributed by atoms with E-state index in [2.05, 4.69) is 17.1 Å². The minimum Gasteiger partial charge on any atom is -0.376 e. The van der Waals surface area contributed by atoms with Gasteiger partial charge in [0, 0.05) is 31.7 Å². The molecule has 0 aromatic heterocycles. The van der Waals surface area contributed by atoms with Crippen LogP contribution in [0.2, 0.25) is 0 Å². The molecular formula is C16H24F2N2O. The summed E-state index contributed by atoms with van der Waals surface area (Å²) in [7, 11) is 1.82. The van der Waals surface area contributed by atoms with Gasteiger partial charge in [-0.05, 0) is 37.6 Å². The van der Waals surface area contributed by atoms with Gasteiger partial charge in [-0.2, -0.15) is 0 Å². The number of hydrogen-bond donors (Lipinski definition) is 1. The van der Waals surface area contributed by atoms with E-state index < -0.39 is 11.6 Å². The number of ether oxygens (including phenoxy) is 1. The molecule has 0 saturated carbocycles. The molecule has 0 amide bonds. The Labute approximate surface area is 125 Å². The van der Waals surface area contributed by atoms with E-state index in [9.17, 15) is 8.78 Å². The quantitative estimate of drug-likeness (QED) is 0.874. The van der Waals surface area contributed by atoms with Crippen LogP contribution in [0.3, 0.4) is 0 Å². The molecule has 0 aliphatic carbocycles. The largest absolute Gasteiger partial charge is 0.376 e. The smallest absolute Gasteiger partial charge is 0.126 e. The molecule has 1 aromatic carbocycles. The van der Waals surface area contributed by atoms with Gasteiger partial charge in [-0.25, -0.2) is 8.78 Å². The summed E-state index contributed by atoms with van der Waals surface area (Å²) in [5.41, 5.74) is 0.662. The maximum Gasteiger partial charge on any atom is 0.126 e. The molecule has 5 heteroatoms. The van der Waals surface area contributed by atoms with Crippen molar-refractivity contribution in [3.63, 3.8) is 0 Å². The lowest BCUT2D eigenvalue weighted by Crippen LogP contribution is -2.43. The van der Waals surface area contributed by atoms with Crippen LogP contribution in [0.4, 0.5) is 8.78 Å². The first-order valence-corrected chi connectivity index (χ1v) is 7.59. The Kier molecular flexibility index (Phi) is 6.08. The van der Waals surface area contributed by atoms with Crippen LogP contribution in [0, 0.1) is 11.6 Å². The van der Waals surface area contributed by atoms with Crippen molar-refractivity contribution in [1.29, 1.82) is 0 Å². The molecule has 1 aromatic rings. The van der Waals surface area contributed by atoms with E-state index >= 15 is 0 Å². The van der Waals surface area contributed by atoms with Gasteiger partial charge >= 0.3 is 0 Å². The zero-order valence-electron chi connectivity index (χ0n) is 12.7. The zero-order valence-corrected chi connectivity index (χ0v) is 12.7. The van der Waals surface area contributed by atoms with Crippen LogP contribution < -0.4 is 5.32 Å². The lowest BCUT2D eigenvalue weighted by molar-refractivity contribution is -0.0304. The average Bonchev–Trinajstić information content (AvgIpc) is 2.47. The van der Waals surface area contributed by atoms with Crippen molar-refractivity contribution in [3.05, 3.63) is 35.4 Å². The van der Waals surface area contributed by atoms with Gasteiger partial charge < -0.3 is 10.1 Å². The molecule has 3 nitrogen and oxygen atoms in total. The molecule has 2 atom stereocenters. The Hall–Kier alpha value is -1.04. The van der Waals surface area contributed by atoms with Crippen molar-refractivity contribution < 1.29 is 13.5 Å². The summed E-state index contributed by atoms with van der Waals surface area (Å²) in [5.74, 6) is -1.05. The highest BCUT2D eigenvalue weighted by Gasteiger charge is 2.20. The molecule has 1 N–H and O–H groups in total. The molecule has 2 rings (SSSR count). The summed E-state index contributed by atoms with van der Waals surface area (Å²) in [6.45, 7) is 5.63. The SMILES string of the molecule is CCC1CN(CCC(NC)c2cc(F)cc(F)c2)CCO1. The third kappa shape index (κ3) is 4.73. The summed E-state index contributed by atoms with van der Waals surface area (Å²) in [4.78, 5) is 2.36. The molecule has 1 heterocycles. The van der Waals surface area contributed by atoms with Crippen LogP contribution in [-0.2, 0) is 4.74 Å². The first-order valence-electron chi connectivity index (χ1n) is 7.59. The van der Waals surface area contributed by atoms with E-state index in [0.717, 1.165) is 45.1 Å². The van der Waals surface area contributed by atoms with Crippen molar-refractivity contribution in [2.24, 2.45) is 0 Å². The van der Waals surface area contributed by atoms with E-state index in [0.29, 0.717) is 11.7 Å². The highest BCUT2D eigenvalue weighted by atomic mass is 19.1. The molecule has 21 heavy (non-hydrogen) atoms. The van der Waals surface area contributed by atoms with Crippen molar-refractivity contribution in [2.75, 3.05) is 33.3 Å². The predicted octanol–water partition coefficient (Wildman–Crippen LogP) is 2.73. The molecule has 1 fully saturated rings. The fraction of sp³-hybridized carbons (Fsp3) is 0.625. The first-order chi connectivity index (χ1) is 10.1. The number of nitrogens with zero attached hydrogens (tertiary/aromatic N) is 1. The van der Waals surface area contributed by atoms with Gasteiger partial charge in [0.2, 0.25) is 0 Å². The summed E-state index contributed by atoms with van der Waals surface area (Å²) in [6, 6.07) is 3.67. The van der Waals surface area contributed by atoms with Crippen LogP contribution in [-0.4, -0.2) is 44.3 Å². The van der Waals surface area contributed by atoms with Crippen molar-refractivity contribution >= 4 is 0 Å². The minimum absolute atomic E-state index is 0.0434. The normalized spacial score (nSPS) is 21.4. The summed E-state index contributed by atoms with van der Waals surface area (Å²) in [5, 5.41) is 3.15. The van der Waals surface area contributed by atoms with Crippen molar-refractivity contribution in [3.8, 4) is 0 Å². The molecule has 0 bridgehead atoms. The van der Waals surface area contributed by atoms with Crippen molar-refractivity contribution in [2.45, 2.75) is 31.9 Å². The van der Waals surface area contributed by atoms with Crippen molar-refractivity contribution in [1.82, 2.24) is 10.2 Å². The van der Waals surface area contributed by atoms with Gasteiger partial charge in [0.1, 0.15) is 11.6 Å². The highest BCUT2D eigenvalue weighted by molar-refractivity contribution is 5.21. The van der Waals surface area contributed by atoms with Gasteiger partial charge in [0.15, 0.2) is 0 Å². The molecule has 2 unspecified atom stereocenters. The molecule has 118 valence electrons. The lowest BCUT2D eigenvalue weighted by atomic mass is 10.0. The Morgan fingerprint density at radius 1 is 1.33 bits per heavy atom. The number of nitrogens with one attached hydrogen (secondary N) is 1. The molecule has 0 radical (unpaired) electrons. The van der Waals surface area contributed by atoms with Gasteiger partial charge in [0.05, 0.1) is 12.7 Å². The molecule has 1 aliphatic rings. The third-order valence-electron chi connectivity index (χ3n) is 4.05. The van der Waals surface area contributed by atoms with Crippen LogP contribution in [0.15, 0.2) is 18.2 Å². The number of morpholine rings is 1. The second-order valence-electron chi connectivity index (χ2n) is 5.53. The molecule has 1 saturated heterocycles. The third-order valence-corrected chi connectivity index (χ3v) is 4.05. The van der Waals surface area contributed by atoms with Crippen LogP contribution >= 0.6 is 0 Å². The minimum atomic E-state index is -0.525. The van der Waals surface area contributed by atoms with E-state index in [1.807, 2.05) is 7.05 Å². The average molecular weight is 298 g/mol. The van der Waals surface area contributed by atoms with Gasteiger partial charge in [-0.1, -0.05) is 6.92 Å². The molecule has 0 spiro atoms. The van der Waals surface area contributed by atoms with E-state index in [1.165, 1.54) is 12.1 Å². The van der Waals surface area contributed by atoms with Crippen LogP contribution in [0.5, 0.6) is 0 Å². The highest BCUT2D eigenvalue weighted by Crippen LogP contribution is 2.20. The summed E-state index contributed by atoms with van der Waals surface area (Å²) in [6.07, 6.45) is 2.13. The van der Waals surface area contributed by atoms with Crippen LogP contribution in [0.25, 0.3) is 0 Å². The Morgan fingerprint density at radius 2 is 2.05 bits per heavy atom. The number of rotatable bonds is 6. The second-order valence-corrected chi connectivity index (χ2v) is 5.53. The Bertz CT molecular complexity index is 436. The summed E-state index contributed by atoms with van der Waals surface area (Å²) >= 11 is 0. The fourth-order valence-corrected chi connectivity index (χ4v) is 2.80. The second kappa shape index (κ2) is 7.82. The van der Waals surface area contributed by atoms with Gasteiger partial charge in [-0.3, -0.25) is 4.90 Å². The number of benzene rings is 1. The zero-order chi connectivity index (χ0) is 15.2.